The van der Waals surface area contributed by atoms with Crippen LogP contribution in [0, 0.1) is 0 Å². The van der Waals surface area contributed by atoms with E-state index in [9.17, 15) is 0 Å². The van der Waals surface area contributed by atoms with Crippen LogP contribution in [-0.2, 0) is 13.1 Å². The Morgan fingerprint density at radius 2 is 2.40 bits per heavy atom. The van der Waals surface area contributed by atoms with Gasteiger partial charge in [0.05, 0.1) is 18.7 Å². The second-order valence-corrected chi connectivity index (χ2v) is 3.42. The summed E-state index contributed by atoms with van der Waals surface area (Å²) in [7, 11) is 0. The zero-order valence-electron chi connectivity index (χ0n) is 8.81. The summed E-state index contributed by atoms with van der Waals surface area (Å²) >= 11 is 0. The molecule has 0 aliphatic carbocycles. The molecule has 0 aliphatic rings. The van der Waals surface area contributed by atoms with Crippen LogP contribution in [0.2, 0.25) is 0 Å². The SMILES string of the molecule is CCCn1nccc1NCc1ccoc1. The zero-order chi connectivity index (χ0) is 10.5. The summed E-state index contributed by atoms with van der Waals surface area (Å²) in [6.07, 6.45) is 6.32. The molecule has 0 aliphatic heterocycles. The molecule has 2 rings (SSSR count). The van der Waals surface area contributed by atoms with Gasteiger partial charge in [-0.3, -0.25) is 0 Å². The van der Waals surface area contributed by atoms with E-state index >= 15 is 0 Å². The first-order valence-electron chi connectivity index (χ1n) is 5.17. The van der Waals surface area contributed by atoms with Gasteiger partial charge in [0.25, 0.3) is 0 Å². The molecule has 0 aromatic carbocycles. The van der Waals surface area contributed by atoms with Crippen LogP contribution in [0.25, 0.3) is 0 Å². The van der Waals surface area contributed by atoms with Gasteiger partial charge in [0.1, 0.15) is 5.82 Å². The van der Waals surface area contributed by atoms with Gasteiger partial charge in [-0.2, -0.15) is 5.10 Å². The molecule has 0 radical (unpaired) electrons. The van der Waals surface area contributed by atoms with Gasteiger partial charge in [-0.25, -0.2) is 4.68 Å². The Labute approximate surface area is 88.9 Å². The van der Waals surface area contributed by atoms with Crippen molar-refractivity contribution in [3.05, 3.63) is 36.4 Å². The van der Waals surface area contributed by atoms with Crippen molar-refractivity contribution in [2.45, 2.75) is 26.4 Å². The number of nitrogens with zero attached hydrogens (tertiary/aromatic N) is 2. The van der Waals surface area contributed by atoms with Crippen molar-refractivity contribution in [1.29, 1.82) is 0 Å². The lowest BCUT2D eigenvalue weighted by atomic mass is 10.3. The molecule has 0 atom stereocenters. The van der Waals surface area contributed by atoms with E-state index in [2.05, 4.69) is 17.3 Å². The lowest BCUT2D eigenvalue weighted by Gasteiger charge is -2.07. The van der Waals surface area contributed by atoms with Crippen LogP contribution in [0.4, 0.5) is 5.82 Å². The number of nitrogens with one attached hydrogen (secondary N) is 1. The lowest BCUT2D eigenvalue weighted by molar-refractivity contribution is 0.564. The van der Waals surface area contributed by atoms with Gasteiger partial charge in [0, 0.05) is 24.7 Å². The maximum absolute atomic E-state index is 5.00. The Balaban J connectivity index is 1.95. The molecule has 0 fully saturated rings. The molecule has 0 saturated carbocycles. The van der Waals surface area contributed by atoms with Crippen LogP contribution in [-0.4, -0.2) is 9.78 Å². The van der Waals surface area contributed by atoms with Crippen molar-refractivity contribution in [3.8, 4) is 0 Å². The van der Waals surface area contributed by atoms with Crippen LogP contribution in [0.15, 0.2) is 35.3 Å². The summed E-state index contributed by atoms with van der Waals surface area (Å²) < 4.78 is 6.97. The molecule has 2 aromatic heterocycles. The minimum Gasteiger partial charge on any atom is -0.472 e. The minimum absolute atomic E-state index is 0.770. The van der Waals surface area contributed by atoms with E-state index in [1.54, 1.807) is 12.5 Å². The number of anilines is 1. The smallest absolute Gasteiger partial charge is 0.124 e. The van der Waals surface area contributed by atoms with Crippen molar-refractivity contribution in [3.63, 3.8) is 0 Å². The third kappa shape index (κ3) is 2.40. The summed E-state index contributed by atoms with van der Waals surface area (Å²) in [5, 5.41) is 7.56. The van der Waals surface area contributed by atoms with E-state index < -0.39 is 0 Å². The molecule has 4 nitrogen and oxygen atoms in total. The molecule has 2 heterocycles. The number of hydrogen-bond donors (Lipinski definition) is 1. The maximum Gasteiger partial charge on any atom is 0.124 e. The first-order valence-corrected chi connectivity index (χ1v) is 5.17. The quantitative estimate of drug-likeness (QED) is 0.815. The fourth-order valence-corrected chi connectivity index (χ4v) is 1.46. The molecule has 80 valence electrons. The van der Waals surface area contributed by atoms with Gasteiger partial charge in [0.2, 0.25) is 0 Å². The van der Waals surface area contributed by atoms with Crippen molar-refractivity contribution in [2.24, 2.45) is 0 Å². The maximum atomic E-state index is 5.00. The standard InChI is InChI=1S/C11H15N3O/c1-2-6-14-11(3-5-13-14)12-8-10-4-7-15-9-10/h3-5,7,9,12H,2,6,8H2,1H3. The van der Waals surface area contributed by atoms with Gasteiger partial charge >= 0.3 is 0 Å². The molecule has 15 heavy (non-hydrogen) atoms. The van der Waals surface area contributed by atoms with Crippen LogP contribution >= 0.6 is 0 Å². The van der Waals surface area contributed by atoms with Crippen molar-refractivity contribution < 1.29 is 4.42 Å². The third-order valence-electron chi connectivity index (χ3n) is 2.21. The molecule has 4 heteroatoms. The number of furan rings is 1. The third-order valence-corrected chi connectivity index (χ3v) is 2.21. The molecule has 0 unspecified atom stereocenters. The Hall–Kier alpha value is -1.71. The molecule has 0 saturated heterocycles. The highest BCUT2D eigenvalue weighted by atomic mass is 16.3. The van der Waals surface area contributed by atoms with Crippen molar-refractivity contribution in [1.82, 2.24) is 9.78 Å². The first kappa shape index (κ1) is 9.83. The minimum atomic E-state index is 0.770. The van der Waals surface area contributed by atoms with Gasteiger partial charge in [-0.05, 0) is 12.5 Å². The van der Waals surface area contributed by atoms with Crippen LogP contribution in [0.3, 0.4) is 0 Å². The van der Waals surface area contributed by atoms with Gasteiger partial charge in [-0.15, -0.1) is 0 Å². The number of hydrogen-bond acceptors (Lipinski definition) is 3. The average Bonchev–Trinajstić information content (AvgIpc) is 2.85. The highest BCUT2D eigenvalue weighted by molar-refractivity contribution is 5.34. The zero-order valence-corrected chi connectivity index (χ0v) is 8.81. The van der Waals surface area contributed by atoms with E-state index in [-0.39, 0.29) is 0 Å². The van der Waals surface area contributed by atoms with Crippen LogP contribution < -0.4 is 5.32 Å². The fourth-order valence-electron chi connectivity index (χ4n) is 1.46. The monoisotopic (exact) mass is 205 g/mol. The number of aryl methyl sites for hydroxylation is 1. The highest BCUT2D eigenvalue weighted by Crippen LogP contribution is 2.09. The van der Waals surface area contributed by atoms with Crippen LogP contribution in [0.5, 0.6) is 0 Å². The second kappa shape index (κ2) is 4.68. The van der Waals surface area contributed by atoms with Gasteiger partial charge < -0.3 is 9.73 Å². The van der Waals surface area contributed by atoms with Gasteiger partial charge in [-0.1, -0.05) is 6.92 Å². The molecule has 0 amide bonds. The Kier molecular flexibility index (Phi) is 3.07. The highest BCUT2D eigenvalue weighted by Gasteiger charge is 2.00. The fraction of sp³-hybridized carbons (Fsp3) is 0.364. The molecular weight excluding hydrogens is 190 g/mol. The normalized spacial score (nSPS) is 10.5. The van der Waals surface area contributed by atoms with Gasteiger partial charge in [0.15, 0.2) is 0 Å². The summed E-state index contributed by atoms with van der Waals surface area (Å²) in [5.74, 6) is 1.05. The van der Waals surface area contributed by atoms with E-state index in [1.165, 1.54) is 0 Å². The molecule has 0 spiro atoms. The molecule has 1 N–H and O–H groups in total. The van der Waals surface area contributed by atoms with E-state index in [0.717, 1.165) is 30.9 Å². The topological polar surface area (TPSA) is 43.0 Å². The first-order chi connectivity index (χ1) is 7.40. The van der Waals surface area contributed by atoms with E-state index in [1.807, 2.05) is 23.0 Å². The summed E-state index contributed by atoms with van der Waals surface area (Å²) in [6.45, 7) is 3.86. The predicted molar refractivity (Wildman–Crippen MR) is 58.6 cm³/mol. The Morgan fingerprint density at radius 3 is 3.13 bits per heavy atom. The lowest BCUT2D eigenvalue weighted by Crippen LogP contribution is -2.07. The second-order valence-electron chi connectivity index (χ2n) is 3.42. The largest absolute Gasteiger partial charge is 0.472 e. The van der Waals surface area contributed by atoms with Crippen LogP contribution in [0.1, 0.15) is 18.9 Å². The van der Waals surface area contributed by atoms with E-state index in [0.29, 0.717) is 0 Å². The number of aromatic nitrogens is 2. The van der Waals surface area contributed by atoms with Crippen molar-refractivity contribution in [2.75, 3.05) is 5.32 Å². The summed E-state index contributed by atoms with van der Waals surface area (Å²) in [4.78, 5) is 0. The molecular formula is C11H15N3O. The molecule has 0 bridgehead atoms. The molecule has 2 aromatic rings. The number of rotatable bonds is 5. The average molecular weight is 205 g/mol. The van der Waals surface area contributed by atoms with Crippen molar-refractivity contribution >= 4 is 5.82 Å². The Bertz CT molecular complexity index is 392. The summed E-state index contributed by atoms with van der Waals surface area (Å²) in [6, 6.07) is 3.93. The van der Waals surface area contributed by atoms with E-state index in [4.69, 9.17) is 4.42 Å². The summed E-state index contributed by atoms with van der Waals surface area (Å²) in [5.41, 5.74) is 1.14. The Morgan fingerprint density at radius 1 is 1.47 bits per heavy atom. The predicted octanol–water partition coefficient (Wildman–Crippen LogP) is 2.50.